The summed E-state index contributed by atoms with van der Waals surface area (Å²) in [6, 6.07) is 10.0. The van der Waals surface area contributed by atoms with E-state index in [4.69, 9.17) is 26.0 Å². The summed E-state index contributed by atoms with van der Waals surface area (Å²) < 4.78 is 13.3. The first-order chi connectivity index (χ1) is 29.2. The molecule has 2 heterocycles. The molecule has 1 fully saturated rings. The van der Waals surface area contributed by atoms with E-state index in [1.54, 1.807) is 26.0 Å². The summed E-state index contributed by atoms with van der Waals surface area (Å²) in [6.07, 6.45) is 3.77. The van der Waals surface area contributed by atoms with E-state index >= 15 is 0 Å². The molecular formula is C47H88N8O7. The number of amides is 4. The smallest absolute Gasteiger partial charge is 0.225 e. The Kier molecular flexibility index (Phi) is 32.6. The van der Waals surface area contributed by atoms with Gasteiger partial charge in [-0.3, -0.25) is 19.2 Å². The van der Waals surface area contributed by atoms with Crippen molar-refractivity contribution in [3.8, 4) is 0 Å². The lowest BCUT2D eigenvalue weighted by Crippen LogP contribution is -2.53. The number of primary amides is 2. The van der Waals surface area contributed by atoms with Crippen molar-refractivity contribution in [1.29, 1.82) is 0 Å². The molecule has 7 atom stereocenters. The lowest BCUT2D eigenvalue weighted by Gasteiger charge is -2.39. The van der Waals surface area contributed by atoms with Crippen LogP contribution in [0.2, 0.25) is 0 Å². The summed E-state index contributed by atoms with van der Waals surface area (Å²) in [4.78, 5) is 51.6. The Morgan fingerprint density at radius 1 is 0.935 bits per heavy atom. The average molecular weight is 877 g/mol. The first-order valence-electron chi connectivity index (χ1n) is 22.5. The Morgan fingerprint density at radius 3 is 1.92 bits per heavy atom. The second-order valence-corrected chi connectivity index (χ2v) is 17.0. The van der Waals surface area contributed by atoms with Gasteiger partial charge in [0.1, 0.15) is 5.69 Å². The number of aromatic nitrogens is 3. The standard InChI is InChI=1S/C24H45N3O5.C14H19N3O.C5H11NO.C2H7N.C2H6/c1-9-16(4)22(26(6)20(28)13-15(2)3)19(31-7)14-21(29)27-12-10-11-18(27)23(32-8)17(5)24(25)30;1-11(8-13-6-4-3-5-7-13)9-17-12(2)14(10-18)15-16-17;1-4(2)3-5(6)7;1-3-2;1-2/h15-19,22-23H,9-14H2,1-8H3,(H2,25,30);3-7,11,18H,8-10H2,1-2H3;4H,3H2,1-2H3,(H2,6,7);3H,1-2H3;1-2H3. The monoisotopic (exact) mass is 877 g/mol. The molecule has 6 N–H and O–H groups in total. The van der Waals surface area contributed by atoms with Gasteiger partial charge in [-0.25, -0.2) is 4.68 Å². The average Bonchev–Trinajstić information content (AvgIpc) is 3.85. The van der Waals surface area contributed by atoms with Gasteiger partial charge in [-0.15, -0.1) is 5.10 Å². The highest BCUT2D eigenvalue weighted by Crippen LogP contribution is 2.29. The molecule has 1 aromatic carbocycles. The third-order valence-electron chi connectivity index (χ3n) is 10.7. The normalized spacial score (nSPS) is 16.0. The lowest BCUT2D eigenvalue weighted by atomic mass is 9.90. The van der Waals surface area contributed by atoms with Crippen molar-refractivity contribution < 1.29 is 33.8 Å². The number of carbonyl (C=O) groups excluding carboxylic acids is 4. The molecule has 1 saturated heterocycles. The van der Waals surface area contributed by atoms with Gasteiger partial charge in [-0.2, -0.15) is 0 Å². The number of benzene rings is 1. The number of nitrogens with one attached hydrogen (secondary N) is 1. The van der Waals surface area contributed by atoms with Crippen LogP contribution in [-0.4, -0.2) is 120 Å². The SMILES string of the molecule is CC.CC(C)CC(N)=O.CCC(C)C(C(CC(=O)N1CCCC1C(OC)C(C)C(N)=O)OC)N(C)C(=O)CC(C)C.CNC.Cc1c(CO)nnn1CC(C)Cc1ccccc1. The number of rotatable bonds is 20. The molecule has 0 spiro atoms. The Balaban J connectivity index is 0. The molecule has 1 aromatic heterocycles. The molecule has 15 heteroatoms. The number of hydrogen-bond donors (Lipinski definition) is 4. The molecule has 0 saturated carbocycles. The highest BCUT2D eigenvalue weighted by atomic mass is 16.5. The maximum atomic E-state index is 13.4. The maximum Gasteiger partial charge on any atom is 0.225 e. The Hall–Kier alpha value is -3.92. The van der Waals surface area contributed by atoms with Gasteiger partial charge in [-0.1, -0.05) is 111 Å². The number of likely N-dealkylation sites (tertiary alicyclic amines) is 1. The zero-order valence-corrected chi connectivity index (χ0v) is 41.4. The molecule has 62 heavy (non-hydrogen) atoms. The van der Waals surface area contributed by atoms with E-state index in [9.17, 15) is 19.2 Å². The number of nitrogens with zero attached hydrogens (tertiary/aromatic N) is 5. The predicted molar refractivity (Wildman–Crippen MR) is 250 cm³/mol. The van der Waals surface area contributed by atoms with Crippen molar-refractivity contribution in [1.82, 2.24) is 30.1 Å². The number of carbonyl (C=O) groups is 4. The molecular weight excluding hydrogens is 789 g/mol. The number of methoxy groups -OCH3 is 2. The van der Waals surface area contributed by atoms with E-state index in [-0.39, 0.29) is 54.7 Å². The van der Waals surface area contributed by atoms with Crippen LogP contribution in [0.25, 0.3) is 0 Å². The minimum absolute atomic E-state index is 0.0428. The van der Waals surface area contributed by atoms with Crippen LogP contribution in [-0.2, 0) is 48.2 Å². The van der Waals surface area contributed by atoms with Gasteiger partial charge in [0, 0.05) is 47.2 Å². The summed E-state index contributed by atoms with van der Waals surface area (Å²) >= 11 is 0. The molecule has 3 rings (SSSR count). The van der Waals surface area contributed by atoms with E-state index in [1.807, 2.05) is 85.3 Å². The van der Waals surface area contributed by atoms with Crippen LogP contribution in [0, 0.1) is 36.5 Å². The van der Waals surface area contributed by atoms with Gasteiger partial charge in [0.05, 0.1) is 48.9 Å². The minimum atomic E-state index is -0.496. The fraction of sp³-hybridized carbons (Fsp3) is 0.745. The third kappa shape index (κ3) is 22.4. The number of hydrogen-bond acceptors (Lipinski definition) is 10. The fourth-order valence-electron chi connectivity index (χ4n) is 7.33. The Bertz CT molecular complexity index is 1510. The molecule has 7 unspecified atom stereocenters. The van der Waals surface area contributed by atoms with Crippen molar-refractivity contribution >= 4 is 23.6 Å². The van der Waals surface area contributed by atoms with Gasteiger partial charge in [0.25, 0.3) is 0 Å². The second kappa shape index (κ2) is 33.6. The molecule has 0 radical (unpaired) electrons. The van der Waals surface area contributed by atoms with Crippen LogP contribution in [0.15, 0.2) is 30.3 Å². The predicted octanol–water partition coefficient (Wildman–Crippen LogP) is 5.78. The number of aliphatic hydroxyl groups excluding tert-OH is 1. The molecule has 4 amide bonds. The number of nitrogens with two attached hydrogens (primary N) is 2. The molecule has 0 aliphatic carbocycles. The maximum absolute atomic E-state index is 13.4. The van der Waals surface area contributed by atoms with Gasteiger partial charge < -0.3 is 41.2 Å². The lowest BCUT2D eigenvalue weighted by molar-refractivity contribution is -0.145. The number of aliphatic hydroxyl groups is 1. The molecule has 2 aromatic rings. The van der Waals surface area contributed by atoms with Crippen LogP contribution in [0.3, 0.4) is 0 Å². The zero-order chi connectivity index (χ0) is 48.1. The highest BCUT2D eigenvalue weighted by molar-refractivity contribution is 5.80. The van der Waals surface area contributed by atoms with E-state index in [1.165, 1.54) is 5.56 Å². The summed E-state index contributed by atoms with van der Waals surface area (Å²) in [5.74, 6) is 0.187. The Labute approximate surface area is 375 Å². The summed E-state index contributed by atoms with van der Waals surface area (Å²) in [6.45, 7) is 23.4. The van der Waals surface area contributed by atoms with Crippen LogP contribution >= 0.6 is 0 Å². The third-order valence-corrected chi connectivity index (χ3v) is 10.7. The Morgan fingerprint density at radius 2 is 1.50 bits per heavy atom. The van der Waals surface area contributed by atoms with E-state index in [0.717, 1.165) is 37.9 Å². The quantitative estimate of drug-likeness (QED) is 0.126. The van der Waals surface area contributed by atoms with E-state index in [0.29, 0.717) is 36.9 Å². The fourth-order valence-corrected chi connectivity index (χ4v) is 7.33. The van der Waals surface area contributed by atoms with Crippen molar-refractivity contribution in [2.75, 3.05) is 41.9 Å². The molecule has 1 aliphatic heterocycles. The van der Waals surface area contributed by atoms with Crippen LogP contribution in [0.4, 0.5) is 0 Å². The molecule has 15 nitrogen and oxygen atoms in total. The minimum Gasteiger partial charge on any atom is -0.390 e. The van der Waals surface area contributed by atoms with Crippen LogP contribution < -0.4 is 16.8 Å². The van der Waals surface area contributed by atoms with Crippen molar-refractivity contribution in [3.63, 3.8) is 0 Å². The summed E-state index contributed by atoms with van der Waals surface area (Å²) in [5.41, 5.74) is 13.3. The van der Waals surface area contributed by atoms with E-state index < -0.39 is 24.0 Å². The highest BCUT2D eigenvalue weighted by Gasteiger charge is 2.41. The molecule has 0 bridgehead atoms. The molecule has 358 valence electrons. The summed E-state index contributed by atoms with van der Waals surface area (Å²) in [7, 11) is 8.71. The number of likely N-dealkylation sites (N-methyl/N-ethyl adjacent to an activating group) is 1. The zero-order valence-electron chi connectivity index (χ0n) is 41.4. The van der Waals surface area contributed by atoms with Crippen LogP contribution in [0.1, 0.15) is 125 Å². The summed E-state index contributed by atoms with van der Waals surface area (Å²) in [5, 5.41) is 19.9. The largest absolute Gasteiger partial charge is 0.390 e. The van der Waals surface area contributed by atoms with Gasteiger partial charge >= 0.3 is 0 Å². The van der Waals surface area contributed by atoms with Gasteiger partial charge in [0.2, 0.25) is 23.6 Å². The first kappa shape index (κ1) is 60.2. The van der Waals surface area contributed by atoms with Crippen LogP contribution in [0.5, 0.6) is 0 Å². The molecule has 1 aliphatic rings. The topological polar surface area (TPSA) is 208 Å². The number of ether oxygens (including phenoxy) is 2. The van der Waals surface area contributed by atoms with Gasteiger partial charge in [0.15, 0.2) is 0 Å². The van der Waals surface area contributed by atoms with Crippen molar-refractivity contribution in [2.24, 2.45) is 41.1 Å². The first-order valence-corrected chi connectivity index (χ1v) is 22.5. The van der Waals surface area contributed by atoms with E-state index in [2.05, 4.69) is 60.7 Å². The van der Waals surface area contributed by atoms with Crippen molar-refractivity contribution in [3.05, 3.63) is 47.3 Å². The van der Waals surface area contributed by atoms with Gasteiger partial charge in [-0.05, 0) is 69.5 Å². The van der Waals surface area contributed by atoms with Crippen molar-refractivity contribution in [2.45, 2.75) is 159 Å². The second-order valence-electron chi connectivity index (χ2n) is 17.0.